The van der Waals surface area contributed by atoms with Crippen LogP contribution in [0.4, 0.5) is 4.39 Å². The van der Waals surface area contributed by atoms with E-state index in [0.29, 0.717) is 23.1 Å². The van der Waals surface area contributed by atoms with Crippen LogP contribution in [0.3, 0.4) is 0 Å². The van der Waals surface area contributed by atoms with Crippen LogP contribution < -0.4 is 5.32 Å². The molecule has 88 valence electrons. The van der Waals surface area contributed by atoms with Gasteiger partial charge in [-0.1, -0.05) is 17.7 Å². The third-order valence-corrected chi connectivity index (χ3v) is 3.39. The van der Waals surface area contributed by atoms with E-state index in [1.165, 1.54) is 6.07 Å². The number of halogens is 2. The van der Waals surface area contributed by atoms with Gasteiger partial charge in [-0.3, -0.25) is 0 Å². The molecule has 0 aliphatic carbocycles. The second kappa shape index (κ2) is 5.13. The van der Waals surface area contributed by atoms with Crippen molar-refractivity contribution in [3.05, 3.63) is 34.6 Å². The Balaban J connectivity index is 2.32. The van der Waals surface area contributed by atoms with Gasteiger partial charge in [0, 0.05) is 29.2 Å². The Labute approximate surface area is 99.7 Å². The first-order valence-electron chi connectivity index (χ1n) is 5.43. The molecule has 2 atom stereocenters. The molecule has 1 aliphatic heterocycles. The van der Waals surface area contributed by atoms with E-state index >= 15 is 0 Å². The molecule has 1 aromatic rings. The van der Waals surface area contributed by atoms with Gasteiger partial charge < -0.3 is 10.1 Å². The Morgan fingerprint density at radius 3 is 2.94 bits per heavy atom. The lowest BCUT2D eigenvalue weighted by molar-refractivity contribution is 0.177. The zero-order chi connectivity index (χ0) is 11.5. The Kier molecular flexibility index (Phi) is 3.79. The average molecular weight is 244 g/mol. The van der Waals surface area contributed by atoms with Crippen molar-refractivity contribution in [1.82, 2.24) is 5.32 Å². The van der Waals surface area contributed by atoms with Crippen LogP contribution in [0.15, 0.2) is 18.2 Å². The van der Waals surface area contributed by atoms with Crippen molar-refractivity contribution in [2.24, 2.45) is 5.92 Å². The smallest absolute Gasteiger partial charge is 0.129 e. The maximum Gasteiger partial charge on any atom is 0.129 e. The van der Waals surface area contributed by atoms with Crippen molar-refractivity contribution in [2.75, 3.05) is 20.3 Å². The van der Waals surface area contributed by atoms with E-state index < -0.39 is 0 Å². The minimum absolute atomic E-state index is 0.0730. The molecule has 1 N–H and O–H groups in total. The van der Waals surface area contributed by atoms with Crippen LogP contribution in [-0.2, 0) is 4.74 Å². The molecule has 1 heterocycles. The highest BCUT2D eigenvalue weighted by Gasteiger charge is 2.29. The summed E-state index contributed by atoms with van der Waals surface area (Å²) in [5.41, 5.74) is 0.558. The summed E-state index contributed by atoms with van der Waals surface area (Å²) < 4.78 is 19.1. The van der Waals surface area contributed by atoms with Crippen LogP contribution in [0.2, 0.25) is 5.02 Å². The summed E-state index contributed by atoms with van der Waals surface area (Å²) in [6, 6.07) is 4.72. The summed E-state index contributed by atoms with van der Waals surface area (Å²) in [5.74, 6) is 0.0400. The first-order chi connectivity index (χ1) is 7.74. The van der Waals surface area contributed by atoms with E-state index in [4.69, 9.17) is 16.3 Å². The van der Waals surface area contributed by atoms with Crippen molar-refractivity contribution in [2.45, 2.75) is 12.5 Å². The molecule has 1 fully saturated rings. The zero-order valence-corrected chi connectivity index (χ0v) is 9.93. The molecule has 1 saturated heterocycles. The highest BCUT2D eigenvalue weighted by Crippen LogP contribution is 2.34. The lowest BCUT2D eigenvalue weighted by Gasteiger charge is -2.23. The summed E-state index contributed by atoms with van der Waals surface area (Å²) in [6.45, 7) is 1.41. The monoisotopic (exact) mass is 243 g/mol. The van der Waals surface area contributed by atoms with E-state index in [1.807, 2.05) is 7.05 Å². The van der Waals surface area contributed by atoms with E-state index in [0.717, 1.165) is 13.0 Å². The third-order valence-electron chi connectivity index (χ3n) is 3.06. The maximum atomic E-state index is 13.8. The molecule has 4 heteroatoms. The molecule has 1 aliphatic rings. The van der Waals surface area contributed by atoms with Crippen molar-refractivity contribution in [1.29, 1.82) is 0 Å². The fourth-order valence-electron chi connectivity index (χ4n) is 2.24. The number of rotatable bonds is 3. The van der Waals surface area contributed by atoms with Crippen molar-refractivity contribution in [3.63, 3.8) is 0 Å². The summed E-state index contributed by atoms with van der Waals surface area (Å²) in [6.07, 6.45) is 0.941. The molecule has 2 rings (SSSR count). The molecule has 2 nitrogen and oxygen atoms in total. The molecule has 0 spiro atoms. The van der Waals surface area contributed by atoms with Gasteiger partial charge in [-0.15, -0.1) is 0 Å². The van der Waals surface area contributed by atoms with Gasteiger partial charge in [0.15, 0.2) is 0 Å². The van der Waals surface area contributed by atoms with Gasteiger partial charge in [0.1, 0.15) is 5.82 Å². The fraction of sp³-hybridized carbons (Fsp3) is 0.500. The Hall–Kier alpha value is -0.640. The van der Waals surface area contributed by atoms with Crippen LogP contribution in [-0.4, -0.2) is 20.3 Å². The van der Waals surface area contributed by atoms with Gasteiger partial charge in [0.05, 0.1) is 6.61 Å². The van der Waals surface area contributed by atoms with Crippen molar-refractivity contribution < 1.29 is 9.13 Å². The van der Waals surface area contributed by atoms with E-state index in [2.05, 4.69) is 5.32 Å². The largest absolute Gasteiger partial charge is 0.381 e. The van der Waals surface area contributed by atoms with Crippen molar-refractivity contribution in [3.8, 4) is 0 Å². The lowest BCUT2D eigenvalue weighted by atomic mass is 9.92. The second-order valence-electron chi connectivity index (χ2n) is 4.03. The predicted molar refractivity (Wildman–Crippen MR) is 62.1 cm³/mol. The predicted octanol–water partition coefficient (Wildman–Crippen LogP) is 2.78. The van der Waals surface area contributed by atoms with Crippen LogP contribution in [0.5, 0.6) is 0 Å². The first kappa shape index (κ1) is 11.8. The van der Waals surface area contributed by atoms with E-state index in [9.17, 15) is 4.39 Å². The van der Waals surface area contributed by atoms with Crippen LogP contribution in [0.1, 0.15) is 18.0 Å². The highest BCUT2D eigenvalue weighted by atomic mass is 35.5. The van der Waals surface area contributed by atoms with Gasteiger partial charge in [0.25, 0.3) is 0 Å². The summed E-state index contributed by atoms with van der Waals surface area (Å²) in [4.78, 5) is 0. The topological polar surface area (TPSA) is 21.3 Å². The van der Waals surface area contributed by atoms with Gasteiger partial charge in [0.2, 0.25) is 0 Å². The Bertz CT molecular complexity index is 346. The average Bonchev–Trinajstić information content (AvgIpc) is 2.77. The van der Waals surface area contributed by atoms with Gasteiger partial charge in [-0.25, -0.2) is 4.39 Å². The Morgan fingerprint density at radius 1 is 1.56 bits per heavy atom. The number of hydrogen-bond acceptors (Lipinski definition) is 2. The normalized spacial score (nSPS) is 22.3. The summed E-state index contributed by atoms with van der Waals surface area (Å²) >= 11 is 6.06. The number of hydrogen-bond donors (Lipinski definition) is 1. The first-order valence-corrected chi connectivity index (χ1v) is 5.80. The second-order valence-corrected chi connectivity index (χ2v) is 4.43. The fourth-order valence-corrected chi connectivity index (χ4v) is 2.52. The van der Waals surface area contributed by atoms with Crippen LogP contribution in [0, 0.1) is 11.7 Å². The SMILES string of the molecule is CNC(c1c(F)cccc1Cl)C1CCOC1. The van der Waals surface area contributed by atoms with E-state index in [1.54, 1.807) is 12.1 Å². The lowest BCUT2D eigenvalue weighted by Crippen LogP contribution is -2.26. The van der Waals surface area contributed by atoms with Gasteiger partial charge in [-0.2, -0.15) is 0 Å². The Morgan fingerprint density at radius 2 is 2.38 bits per heavy atom. The molecular weight excluding hydrogens is 229 g/mol. The van der Waals surface area contributed by atoms with Crippen molar-refractivity contribution >= 4 is 11.6 Å². The molecular formula is C12H15ClFNO. The highest BCUT2D eigenvalue weighted by molar-refractivity contribution is 6.31. The number of nitrogens with one attached hydrogen (secondary N) is 1. The van der Waals surface area contributed by atoms with Gasteiger partial charge >= 0.3 is 0 Å². The molecule has 1 aromatic carbocycles. The van der Waals surface area contributed by atoms with E-state index in [-0.39, 0.29) is 11.9 Å². The van der Waals surface area contributed by atoms with Crippen LogP contribution in [0.25, 0.3) is 0 Å². The standard InChI is InChI=1S/C12H15ClFNO/c1-15-12(8-5-6-16-7-8)11-9(13)3-2-4-10(11)14/h2-4,8,12,15H,5-7H2,1H3. The quantitative estimate of drug-likeness (QED) is 0.882. The molecule has 0 aromatic heterocycles. The molecule has 0 radical (unpaired) electrons. The minimum atomic E-state index is -0.251. The van der Waals surface area contributed by atoms with Crippen LogP contribution >= 0.6 is 11.6 Å². The molecule has 0 saturated carbocycles. The maximum absolute atomic E-state index is 13.8. The number of ether oxygens (including phenoxy) is 1. The summed E-state index contributed by atoms with van der Waals surface area (Å²) in [5, 5.41) is 3.62. The molecule has 2 unspecified atom stereocenters. The minimum Gasteiger partial charge on any atom is -0.381 e. The molecule has 0 amide bonds. The third kappa shape index (κ3) is 2.21. The van der Waals surface area contributed by atoms with Gasteiger partial charge in [-0.05, 0) is 25.6 Å². The summed E-state index contributed by atoms with van der Waals surface area (Å²) in [7, 11) is 1.83. The number of benzene rings is 1. The molecule has 0 bridgehead atoms. The molecule has 16 heavy (non-hydrogen) atoms. The zero-order valence-electron chi connectivity index (χ0n) is 9.17.